The van der Waals surface area contributed by atoms with Crippen LogP contribution in [0.4, 0.5) is 4.39 Å². The molecule has 0 aliphatic rings. The maximum Gasteiger partial charge on any atom is 0.243 e. The van der Waals surface area contributed by atoms with E-state index in [-0.39, 0.29) is 13.2 Å². The molecule has 0 saturated carbocycles. The number of aromatic nitrogens is 2. The summed E-state index contributed by atoms with van der Waals surface area (Å²) in [6.45, 7) is 0.181. The van der Waals surface area contributed by atoms with Crippen LogP contribution in [0.5, 0.6) is 0 Å². The molecule has 2 N–H and O–H groups in total. The van der Waals surface area contributed by atoms with Gasteiger partial charge in [0.05, 0.1) is 12.9 Å². The van der Waals surface area contributed by atoms with E-state index in [1.807, 2.05) is 0 Å². The van der Waals surface area contributed by atoms with E-state index in [1.165, 1.54) is 6.07 Å². The van der Waals surface area contributed by atoms with Gasteiger partial charge in [-0.15, -0.1) is 0 Å². The second kappa shape index (κ2) is 6.12. The number of nitrogens with one attached hydrogen (secondary N) is 1. The van der Waals surface area contributed by atoms with E-state index in [0.717, 1.165) is 12.1 Å². The lowest BCUT2D eigenvalue weighted by Crippen LogP contribution is -2.28. The van der Waals surface area contributed by atoms with Crippen molar-refractivity contribution in [1.29, 1.82) is 0 Å². The number of halogens is 1. The molecular weight excluding hydrogens is 285 g/mol. The van der Waals surface area contributed by atoms with Crippen LogP contribution in [0.15, 0.2) is 41.8 Å². The van der Waals surface area contributed by atoms with Gasteiger partial charge in [-0.25, -0.2) is 22.5 Å². The first-order valence-corrected chi connectivity index (χ1v) is 7.36. The van der Waals surface area contributed by atoms with E-state index >= 15 is 0 Å². The summed E-state index contributed by atoms with van der Waals surface area (Å²) >= 11 is 0. The summed E-state index contributed by atoms with van der Waals surface area (Å²) in [7, 11) is -3.91. The zero-order chi connectivity index (χ0) is 14.6. The van der Waals surface area contributed by atoms with Crippen molar-refractivity contribution in [1.82, 2.24) is 14.3 Å². The van der Waals surface area contributed by atoms with Crippen LogP contribution in [-0.2, 0) is 23.2 Å². The summed E-state index contributed by atoms with van der Waals surface area (Å²) in [5.41, 5.74) is 0.319. The molecule has 108 valence electrons. The van der Waals surface area contributed by atoms with Crippen molar-refractivity contribution in [3.63, 3.8) is 0 Å². The maximum atomic E-state index is 13.7. The zero-order valence-corrected chi connectivity index (χ0v) is 11.3. The highest BCUT2D eigenvalue weighted by Crippen LogP contribution is 2.15. The predicted octanol–water partition coefficient (Wildman–Crippen LogP) is 0.493. The smallest absolute Gasteiger partial charge is 0.243 e. The first-order valence-electron chi connectivity index (χ1n) is 5.87. The molecule has 20 heavy (non-hydrogen) atoms. The van der Waals surface area contributed by atoms with Gasteiger partial charge in [0.2, 0.25) is 10.0 Å². The van der Waals surface area contributed by atoms with E-state index in [2.05, 4.69) is 9.71 Å². The second-order valence-electron chi connectivity index (χ2n) is 4.12. The molecule has 2 rings (SSSR count). The molecule has 0 amide bonds. The minimum Gasteiger partial charge on any atom is -0.392 e. The van der Waals surface area contributed by atoms with Gasteiger partial charge in [-0.2, -0.15) is 0 Å². The first-order chi connectivity index (χ1) is 9.53. The monoisotopic (exact) mass is 299 g/mol. The molecule has 0 unspecified atom stereocenters. The number of aliphatic hydroxyl groups excluding tert-OH is 1. The Labute approximate surface area is 115 Å². The largest absolute Gasteiger partial charge is 0.392 e. The molecule has 0 aliphatic heterocycles. The van der Waals surface area contributed by atoms with Crippen molar-refractivity contribution in [3.8, 4) is 0 Å². The topological polar surface area (TPSA) is 84.2 Å². The van der Waals surface area contributed by atoms with Gasteiger partial charge in [-0.05, 0) is 17.7 Å². The fraction of sp³-hybridized carbons (Fsp3) is 0.250. The van der Waals surface area contributed by atoms with Gasteiger partial charge in [0.25, 0.3) is 0 Å². The number of rotatable bonds is 6. The molecule has 0 saturated heterocycles. The van der Waals surface area contributed by atoms with E-state index in [4.69, 9.17) is 5.11 Å². The molecule has 6 nitrogen and oxygen atoms in total. The Balaban J connectivity index is 2.06. The van der Waals surface area contributed by atoms with Crippen molar-refractivity contribution in [3.05, 3.63) is 48.3 Å². The number of hydrogen-bond acceptors (Lipinski definition) is 4. The standard InChI is InChI=1S/C12H14FN3O3S/c13-11-7-10(8-17)1-2-12(11)20(18,19)15-4-6-16-5-3-14-9-16/h1-3,5,7,9,15,17H,4,6,8H2. The van der Waals surface area contributed by atoms with Crippen molar-refractivity contribution in [2.75, 3.05) is 6.54 Å². The summed E-state index contributed by atoms with van der Waals surface area (Å²) in [4.78, 5) is 3.40. The van der Waals surface area contributed by atoms with Gasteiger partial charge in [0, 0.05) is 25.5 Å². The van der Waals surface area contributed by atoms with E-state index in [0.29, 0.717) is 12.1 Å². The summed E-state index contributed by atoms with van der Waals surface area (Å²) in [5.74, 6) is -0.883. The van der Waals surface area contributed by atoms with Crippen LogP contribution in [0.25, 0.3) is 0 Å². The van der Waals surface area contributed by atoms with Crippen LogP contribution in [0.1, 0.15) is 5.56 Å². The predicted molar refractivity (Wildman–Crippen MR) is 69.7 cm³/mol. The molecule has 2 aromatic rings. The fourth-order valence-electron chi connectivity index (χ4n) is 1.67. The number of hydrogen-bond donors (Lipinski definition) is 2. The van der Waals surface area contributed by atoms with Crippen LogP contribution >= 0.6 is 0 Å². The Kier molecular flexibility index (Phi) is 4.48. The van der Waals surface area contributed by atoms with Crippen molar-refractivity contribution in [2.45, 2.75) is 18.0 Å². The molecule has 8 heteroatoms. The quantitative estimate of drug-likeness (QED) is 0.813. The highest BCUT2D eigenvalue weighted by molar-refractivity contribution is 7.89. The van der Waals surface area contributed by atoms with Crippen LogP contribution in [0, 0.1) is 5.82 Å². The molecule has 0 atom stereocenters. The molecule has 0 bridgehead atoms. The number of sulfonamides is 1. The third kappa shape index (κ3) is 3.41. The molecule has 1 heterocycles. The minimum absolute atomic E-state index is 0.125. The van der Waals surface area contributed by atoms with Crippen LogP contribution in [0.2, 0.25) is 0 Å². The third-order valence-electron chi connectivity index (χ3n) is 2.69. The first kappa shape index (κ1) is 14.6. The lowest BCUT2D eigenvalue weighted by molar-refractivity contribution is 0.281. The van der Waals surface area contributed by atoms with Gasteiger partial charge in [0.15, 0.2) is 0 Å². The second-order valence-corrected chi connectivity index (χ2v) is 5.86. The molecule has 0 spiro atoms. The third-order valence-corrected chi connectivity index (χ3v) is 4.18. The highest BCUT2D eigenvalue weighted by atomic mass is 32.2. The van der Waals surface area contributed by atoms with E-state index in [1.54, 1.807) is 23.3 Å². The molecule has 0 aliphatic carbocycles. The lowest BCUT2D eigenvalue weighted by Gasteiger charge is -2.08. The maximum absolute atomic E-state index is 13.7. The number of nitrogens with zero attached hydrogens (tertiary/aromatic N) is 2. The summed E-state index contributed by atoms with van der Waals surface area (Å²) < 4.78 is 41.6. The molecule has 0 fully saturated rings. The van der Waals surface area contributed by atoms with Gasteiger partial charge >= 0.3 is 0 Å². The Morgan fingerprint density at radius 3 is 2.80 bits per heavy atom. The summed E-state index contributed by atoms with van der Waals surface area (Å²) in [5, 5.41) is 8.86. The molecular formula is C12H14FN3O3S. The van der Waals surface area contributed by atoms with Crippen LogP contribution < -0.4 is 4.72 Å². The highest BCUT2D eigenvalue weighted by Gasteiger charge is 2.18. The van der Waals surface area contributed by atoms with Crippen LogP contribution in [0.3, 0.4) is 0 Å². The Morgan fingerprint density at radius 1 is 1.40 bits per heavy atom. The molecule has 0 radical (unpaired) electrons. The zero-order valence-electron chi connectivity index (χ0n) is 10.5. The number of imidazole rings is 1. The molecule has 1 aromatic heterocycles. The van der Waals surface area contributed by atoms with Gasteiger partial charge in [-0.3, -0.25) is 0 Å². The van der Waals surface area contributed by atoms with Crippen LogP contribution in [-0.4, -0.2) is 29.6 Å². The lowest BCUT2D eigenvalue weighted by atomic mass is 10.2. The average Bonchev–Trinajstić information content (AvgIpc) is 2.91. The normalized spacial score (nSPS) is 11.7. The Morgan fingerprint density at radius 2 is 2.20 bits per heavy atom. The summed E-state index contributed by atoms with van der Waals surface area (Å²) in [6, 6.07) is 3.51. The van der Waals surface area contributed by atoms with Crippen molar-refractivity contribution < 1.29 is 17.9 Å². The Hall–Kier alpha value is -1.77. The van der Waals surface area contributed by atoms with E-state index in [9.17, 15) is 12.8 Å². The number of aliphatic hydroxyl groups is 1. The number of benzene rings is 1. The Bertz CT molecular complexity index is 671. The van der Waals surface area contributed by atoms with Gasteiger partial charge in [0.1, 0.15) is 10.7 Å². The van der Waals surface area contributed by atoms with Gasteiger partial charge in [-0.1, -0.05) is 6.07 Å². The minimum atomic E-state index is -3.91. The van der Waals surface area contributed by atoms with Gasteiger partial charge < -0.3 is 9.67 Å². The van der Waals surface area contributed by atoms with E-state index < -0.39 is 20.7 Å². The fourth-order valence-corrected chi connectivity index (χ4v) is 2.74. The summed E-state index contributed by atoms with van der Waals surface area (Å²) in [6.07, 6.45) is 4.84. The van der Waals surface area contributed by atoms with Crippen molar-refractivity contribution >= 4 is 10.0 Å². The van der Waals surface area contributed by atoms with Crippen molar-refractivity contribution in [2.24, 2.45) is 0 Å². The molecule has 1 aromatic carbocycles. The average molecular weight is 299 g/mol. The SMILES string of the molecule is O=S(=O)(NCCn1ccnc1)c1ccc(CO)cc1F.